The number of nitrogens with zero attached hydrogens (tertiary/aromatic N) is 3. The Kier molecular flexibility index (Phi) is 9.87. The molecule has 2 aliphatic heterocycles. The van der Waals surface area contributed by atoms with E-state index in [2.05, 4.69) is 45.6 Å². The van der Waals surface area contributed by atoms with Gasteiger partial charge in [-0.25, -0.2) is 4.79 Å². The molecule has 7 heteroatoms. The van der Waals surface area contributed by atoms with Crippen LogP contribution >= 0.6 is 0 Å². The maximum absolute atomic E-state index is 12.1. The van der Waals surface area contributed by atoms with Gasteiger partial charge in [0.05, 0.1) is 24.4 Å². The van der Waals surface area contributed by atoms with E-state index in [9.17, 15) is 9.90 Å². The average Bonchev–Trinajstić information content (AvgIpc) is 3.10. The van der Waals surface area contributed by atoms with Gasteiger partial charge in [-0.15, -0.1) is 0 Å². The lowest BCUT2D eigenvalue weighted by Gasteiger charge is -2.38. The molecule has 3 heterocycles. The van der Waals surface area contributed by atoms with Crippen LogP contribution in [-0.4, -0.2) is 78.0 Å². The summed E-state index contributed by atoms with van der Waals surface area (Å²) in [5, 5.41) is 13.4. The van der Waals surface area contributed by atoms with E-state index in [1.54, 1.807) is 11.8 Å². The van der Waals surface area contributed by atoms with Crippen LogP contribution in [0.3, 0.4) is 0 Å². The molecule has 1 aromatic rings. The number of rotatable bonds is 8. The number of hydrogen-bond donors (Lipinski definition) is 2. The topological polar surface area (TPSA) is 77.9 Å². The van der Waals surface area contributed by atoms with Crippen molar-refractivity contribution in [3.8, 4) is 0 Å². The number of nitrogens with one attached hydrogen (secondary N) is 1. The molecule has 2 N–H and O–H groups in total. The zero-order valence-electron chi connectivity index (χ0n) is 19.7. The van der Waals surface area contributed by atoms with E-state index in [-0.39, 0.29) is 12.1 Å². The molecule has 2 atom stereocenters. The maximum atomic E-state index is 12.1. The summed E-state index contributed by atoms with van der Waals surface area (Å²) in [6.07, 6.45) is 14.2. The van der Waals surface area contributed by atoms with Crippen LogP contribution in [0.1, 0.15) is 32.0 Å². The molecule has 1 amide bonds. The Hall–Kier alpha value is -2.74. The first-order chi connectivity index (χ1) is 16.1. The highest BCUT2D eigenvalue weighted by molar-refractivity contribution is 5.67. The van der Waals surface area contributed by atoms with E-state index >= 15 is 0 Å². The van der Waals surface area contributed by atoms with Crippen molar-refractivity contribution in [3.63, 3.8) is 0 Å². The van der Waals surface area contributed by atoms with Crippen LogP contribution in [0.2, 0.25) is 0 Å². The minimum absolute atomic E-state index is 0.0468. The molecule has 1 saturated heterocycles. The third-order valence-electron chi connectivity index (χ3n) is 5.74. The standard InChI is InChI=1S/C26H36N4O3/c1-3-33-26(32)30-17-15-29(16-18-30)25(24-8-4-5-13-28-24)20-23(19-21(2)31)10-9-22-7-6-12-27-14-11-22/h4-11,13,19,21,25,27,31H,3,12,14-18,20H2,1-2H3/b10-9-,23-19?. The van der Waals surface area contributed by atoms with E-state index in [1.807, 2.05) is 37.4 Å². The first kappa shape index (κ1) is 24.9. The number of pyridine rings is 1. The van der Waals surface area contributed by atoms with Crippen molar-refractivity contribution in [2.24, 2.45) is 0 Å². The Morgan fingerprint density at radius 1 is 1.27 bits per heavy atom. The van der Waals surface area contributed by atoms with Crippen LogP contribution in [0.5, 0.6) is 0 Å². The third-order valence-corrected chi connectivity index (χ3v) is 5.74. The van der Waals surface area contributed by atoms with Crippen molar-refractivity contribution in [1.29, 1.82) is 0 Å². The molecule has 1 fully saturated rings. The molecular weight excluding hydrogens is 416 g/mol. The fourth-order valence-corrected chi connectivity index (χ4v) is 4.10. The third kappa shape index (κ3) is 7.96. The van der Waals surface area contributed by atoms with Crippen LogP contribution in [0.15, 0.2) is 72.0 Å². The Balaban J connectivity index is 1.78. The molecule has 178 valence electrons. The van der Waals surface area contributed by atoms with Gasteiger partial charge in [0.25, 0.3) is 0 Å². The van der Waals surface area contributed by atoms with Crippen LogP contribution in [0, 0.1) is 0 Å². The highest BCUT2D eigenvalue weighted by Crippen LogP contribution is 2.28. The van der Waals surface area contributed by atoms with Crippen molar-refractivity contribution in [2.45, 2.75) is 32.4 Å². The second-order valence-corrected chi connectivity index (χ2v) is 8.28. The van der Waals surface area contributed by atoms with Gasteiger partial charge >= 0.3 is 6.09 Å². The number of carbonyl (C=O) groups is 1. The molecular formula is C26H36N4O3. The van der Waals surface area contributed by atoms with E-state index in [1.165, 1.54) is 0 Å². The fourth-order valence-electron chi connectivity index (χ4n) is 4.10. The van der Waals surface area contributed by atoms with Gasteiger partial charge in [-0.2, -0.15) is 0 Å². The van der Waals surface area contributed by atoms with Crippen LogP contribution in [0.4, 0.5) is 4.79 Å². The molecule has 0 spiro atoms. The number of hydrogen-bond acceptors (Lipinski definition) is 6. The summed E-state index contributed by atoms with van der Waals surface area (Å²) < 4.78 is 5.16. The number of allylic oxidation sites excluding steroid dienone is 4. The molecule has 0 aromatic carbocycles. The van der Waals surface area contributed by atoms with Crippen LogP contribution < -0.4 is 5.32 Å². The molecule has 2 unspecified atom stereocenters. The number of piperazine rings is 1. The highest BCUT2D eigenvalue weighted by Gasteiger charge is 2.28. The van der Waals surface area contributed by atoms with Crippen molar-refractivity contribution in [3.05, 3.63) is 77.7 Å². The SMILES string of the molecule is CCOC(=O)N1CCN(C(CC(=CC(C)O)/C=C\C2=CCNCC=C2)c2ccccn2)CC1. The Morgan fingerprint density at radius 3 is 2.79 bits per heavy atom. The van der Waals surface area contributed by atoms with Crippen molar-refractivity contribution < 1.29 is 14.6 Å². The van der Waals surface area contributed by atoms with E-state index < -0.39 is 6.10 Å². The van der Waals surface area contributed by atoms with Gasteiger partial charge in [-0.3, -0.25) is 9.88 Å². The van der Waals surface area contributed by atoms with Crippen molar-refractivity contribution in [1.82, 2.24) is 20.1 Å². The molecule has 2 aliphatic rings. The summed E-state index contributed by atoms with van der Waals surface area (Å²) >= 11 is 0. The Morgan fingerprint density at radius 2 is 2.09 bits per heavy atom. The monoisotopic (exact) mass is 452 g/mol. The highest BCUT2D eigenvalue weighted by atomic mass is 16.6. The number of aliphatic hydroxyl groups is 1. The molecule has 0 bridgehead atoms. The van der Waals surface area contributed by atoms with E-state index in [0.717, 1.165) is 43.0 Å². The van der Waals surface area contributed by atoms with Gasteiger partial charge in [0, 0.05) is 45.5 Å². The van der Waals surface area contributed by atoms with Gasteiger partial charge in [0.1, 0.15) is 0 Å². The molecule has 1 aromatic heterocycles. The summed E-state index contributed by atoms with van der Waals surface area (Å²) in [5.74, 6) is 0. The van der Waals surface area contributed by atoms with Gasteiger partial charge < -0.3 is 20.1 Å². The smallest absolute Gasteiger partial charge is 0.409 e. The van der Waals surface area contributed by atoms with Crippen molar-refractivity contribution in [2.75, 3.05) is 45.9 Å². The molecule has 0 aliphatic carbocycles. The summed E-state index contributed by atoms with van der Waals surface area (Å²) in [6.45, 7) is 8.42. The summed E-state index contributed by atoms with van der Waals surface area (Å²) in [4.78, 5) is 20.9. The number of aliphatic hydroxyl groups excluding tert-OH is 1. The quantitative estimate of drug-likeness (QED) is 0.590. The lowest BCUT2D eigenvalue weighted by Crippen LogP contribution is -2.50. The second-order valence-electron chi connectivity index (χ2n) is 8.28. The minimum atomic E-state index is -0.546. The Bertz CT molecular complexity index is 869. The molecule has 7 nitrogen and oxygen atoms in total. The van der Waals surface area contributed by atoms with Crippen LogP contribution in [0.25, 0.3) is 0 Å². The predicted molar refractivity (Wildman–Crippen MR) is 131 cm³/mol. The lowest BCUT2D eigenvalue weighted by molar-refractivity contribution is 0.0650. The first-order valence-electron chi connectivity index (χ1n) is 11.8. The number of amides is 1. The van der Waals surface area contributed by atoms with Crippen molar-refractivity contribution >= 4 is 6.09 Å². The molecule has 0 saturated carbocycles. The second kappa shape index (κ2) is 13.1. The zero-order valence-corrected chi connectivity index (χ0v) is 19.7. The summed E-state index contributed by atoms with van der Waals surface area (Å²) in [5.41, 5.74) is 3.19. The first-order valence-corrected chi connectivity index (χ1v) is 11.8. The molecule has 3 rings (SSSR count). The van der Waals surface area contributed by atoms with Gasteiger partial charge in [-0.05, 0) is 43.5 Å². The minimum Gasteiger partial charge on any atom is -0.450 e. The van der Waals surface area contributed by atoms with Gasteiger partial charge in [0.15, 0.2) is 0 Å². The molecule has 0 radical (unpaired) electrons. The maximum Gasteiger partial charge on any atom is 0.409 e. The number of aromatic nitrogens is 1. The van der Waals surface area contributed by atoms with E-state index in [0.29, 0.717) is 26.1 Å². The predicted octanol–water partition coefficient (Wildman–Crippen LogP) is 3.24. The van der Waals surface area contributed by atoms with Gasteiger partial charge in [0.2, 0.25) is 0 Å². The average molecular weight is 453 g/mol. The summed E-state index contributed by atoms with van der Waals surface area (Å²) in [7, 11) is 0. The normalized spacial score (nSPS) is 19.8. The Labute approximate surface area is 197 Å². The van der Waals surface area contributed by atoms with Gasteiger partial charge in [-0.1, -0.05) is 42.5 Å². The largest absolute Gasteiger partial charge is 0.450 e. The fraction of sp³-hybridized carbons (Fsp3) is 0.462. The number of carbonyl (C=O) groups excluding carboxylic acids is 1. The zero-order chi connectivity index (χ0) is 23.5. The molecule has 33 heavy (non-hydrogen) atoms. The summed E-state index contributed by atoms with van der Waals surface area (Å²) in [6, 6.07) is 6.02. The lowest BCUT2D eigenvalue weighted by atomic mass is 9.98. The van der Waals surface area contributed by atoms with E-state index in [4.69, 9.17) is 4.74 Å². The van der Waals surface area contributed by atoms with Crippen LogP contribution in [-0.2, 0) is 4.74 Å². The number of ether oxygens (including phenoxy) is 1.